The van der Waals surface area contributed by atoms with Crippen molar-refractivity contribution in [1.82, 2.24) is 10.4 Å². The van der Waals surface area contributed by atoms with Gasteiger partial charge in [0, 0.05) is 22.2 Å². The molecule has 8 heteroatoms. The third kappa shape index (κ3) is 5.12. The van der Waals surface area contributed by atoms with Gasteiger partial charge in [-0.2, -0.15) is 5.10 Å². The van der Waals surface area contributed by atoms with E-state index in [4.69, 9.17) is 10.5 Å². The highest BCUT2D eigenvalue weighted by Gasteiger charge is 2.23. The van der Waals surface area contributed by atoms with Crippen LogP contribution < -0.4 is 16.5 Å². The van der Waals surface area contributed by atoms with E-state index < -0.39 is 6.04 Å². The van der Waals surface area contributed by atoms with Crippen LogP contribution in [-0.2, 0) is 11.2 Å². The summed E-state index contributed by atoms with van der Waals surface area (Å²) in [5, 5.41) is 7.71. The van der Waals surface area contributed by atoms with Crippen molar-refractivity contribution in [3.8, 4) is 11.3 Å². The number of amides is 2. The average Bonchev–Trinajstić information content (AvgIpc) is 3.18. The number of benzene rings is 3. The molecule has 0 radical (unpaired) electrons. The lowest BCUT2D eigenvalue weighted by molar-refractivity contribution is -0.117. The number of rotatable bonds is 6. The lowest BCUT2D eigenvalue weighted by atomic mass is 10.0. The highest BCUT2D eigenvalue weighted by Crippen LogP contribution is 2.34. The number of hydrogen-bond donors (Lipinski definition) is 4. The molecule has 0 spiro atoms. The predicted molar refractivity (Wildman–Crippen MR) is 139 cm³/mol. The van der Waals surface area contributed by atoms with Crippen molar-refractivity contribution in [2.75, 3.05) is 5.32 Å². The molecule has 0 saturated heterocycles. The van der Waals surface area contributed by atoms with Crippen molar-refractivity contribution < 1.29 is 14.3 Å². The van der Waals surface area contributed by atoms with Crippen LogP contribution in [0.3, 0.4) is 0 Å². The van der Waals surface area contributed by atoms with Crippen LogP contribution in [0, 0.1) is 0 Å². The van der Waals surface area contributed by atoms with Crippen molar-refractivity contribution >= 4 is 34.6 Å². The number of carbonyl (C=O) groups is 2. The van der Waals surface area contributed by atoms with E-state index in [1.165, 1.54) is 0 Å². The van der Waals surface area contributed by atoms with Gasteiger partial charge in [-0.1, -0.05) is 68.1 Å². The molecule has 35 heavy (non-hydrogen) atoms. The maximum absolute atomic E-state index is 12.8. The third-order valence-electron chi connectivity index (χ3n) is 5.79. The number of hydrazone groups is 1. The first-order chi connectivity index (χ1) is 17.1. The molecule has 0 fully saturated rings. The van der Waals surface area contributed by atoms with Crippen molar-refractivity contribution in [3.63, 3.8) is 0 Å². The molecule has 3 aromatic carbocycles. The van der Waals surface area contributed by atoms with Crippen molar-refractivity contribution in [2.24, 2.45) is 10.8 Å². The Balaban J connectivity index is 0.00000117. The fraction of sp³-hybridized carbons (Fsp3) is 0.148. The molecule has 5 N–H and O–H groups in total. The molecule has 0 saturated carbocycles. The van der Waals surface area contributed by atoms with Crippen LogP contribution in [0.1, 0.15) is 35.3 Å². The highest BCUT2D eigenvalue weighted by molar-refractivity contribution is 6.18. The smallest absolute Gasteiger partial charge is 0.272 e. The third-order valence-corrected chi connectivity index (χ3v) is 5.79. The number of aryl methyl sites for hydroxylation is 1. The van der Waals surface area contributed by atoms with Gasteiger partial charge in [0.2, 0.25) is 5.91 Å². The second-order valence-corrected chi connectivity index (χ2v) is 8.05. The minimum atomic E-state index is -0.670. The number of nitrogens with zero attached hydrogens (tertiary/aromatic N) is 1. The summed E-state index contributed by atoms with van der Waals surface area (Å²) in [6, 6.07) is 22.6. The molecule has 2 heterocycles. The molecule has 2 amide bonds. The molecule has 1 aliphatic rings. The molecule has 1 atom stereocenters. The molecule has 180 valence electrons. The van der Waals surface area contributed by atoms with Crippen molar-refractivity contribution in [1.29, 1.82) is 1.45 Å². The SMILES string of the molecule is C.N[C@@H](CCc1ccccc1)C(=O)Nc1cc2c3c(c(-c4ccccc4)[nH]c3c1)C=NNC2=O.[3H]F. The van der Waals surface area contributed by atoms with E-state index in [1.54, 1.807) is 12.3 Å². The topological polar surface area (TPSA) is 112 Å². The first kappa shape index (κ1) is 23.8. The first-order valence-corrected chi connectivity index (χ1v) is 10.8. The summed E-state index contributed by atoms with van der Waals surface area (Å²) < 4.78 is 13.0. The maximum Gasteiger partial charge on any atom is 0.272 e. The summed E-state index contributed by atoms with van der Waals surface area (Å²) in [6.07, 6.45) is 2.87. The molecule has 1 aromatic heterocycles. The summed E-state index contributed by atoms with van der Waals surface area (Å²) in [5.41, 5.74) is 14.1. The second-order valence-electron chi connectivity index (χ2n) is 8.05. The van der Waals surface area contributed by atoms with Crippen LogP contribution in [-0.4, -0.2) is 30.5 Å². The number of nitrogens with two attached hydrogens (primary N) is 1. The van der Waals surface area contributed by atoms with Gasteiger partial charge < -0.3 is 16.0 Å². The number of hydrogen-bond acceptors (Lipinski definition) is 4. The molecule has 1 aliphatic heterocycles. The number of nitrogens with one attached hydrogen (secondary N) is 3. The van der Waals surface area contributed by atoms with Gasteiger partial charge in [-0.25, -0.2) is 5.43 Å². The summed E-state index contributed by atoms with van der Waals surface area (Å²) >= 11 is 0. The first-order valence-electron chi connectivity index (χ1n) is 11.2. The summed E-state index contributed by atoms with van der Waals surface area (Å²) in [5.74, 6) is -0.629. The fourth-order valence-electron chi connectivity index (χ4n) is 4.12. The molecule has 4 aromatic rings. The molecule has 0 unspecified atom stereocenters. The zero-order valence-corrected chi connectivity index (χ0v) is 18.2. The van der Waals surface area contributed by atoms with Crippen molar-refractivity contribution in [3.05, 3.63) is 89.5 Å². The van der Waals surface area contributed by atoms with Gasteiger partial charge in [0.25, 0.3) is 7.36 Å². The minimum Gasteiger partial charge on any atom is -0.354 e. The average molecular weight is 476 g/mol. The van der Waals surface area contributed by atoms with E-state index in [-0.39, 0.29) is 19.2 Å². The number of halogens is 1. The van der Waals surface area contributed by atoms with Crippen LogP contribution in [0.5, 0.6) is 0 Å². The number of aromatic amines is 1. The van der Waals surface area contributed by atoms with Crippen LogP contribution in [0.2, 0.25) is 0 Å². The van der Waals surface area contributed by atoms with Gasteiger partial charge in [-0.3, -0.25) is 14.3 Å². The standard InChI is InChI=1S/C26H23N5O2.CH4.FH/c27-21(12-11-16-7-3-1-4-8-16)26(33)29-18-13-19-23-20(15-28-31-25(19)32)24(30-22(23)14-18)17-9-5-2-6-10-17;;/h1-10,13-15,21,30H,11-12,27H2,(H,29,33)(H,31,32);1H4;1H/t21-;;/m0../s1/i/hT. The Labute approximate surface area is 204 Å². The second kappa shape index (κ2) is 10.8. The quantitative estimate of drug-likeness (QED) is 0.327. The van der Waals surface area contributed by atoms with E-state index in [2.05, 4.69) is 22.3 Å². The Kier molecular flexibility index (Phi) is 7.32. The zero-order valence-electron chi connectivity index (χ0n) is 19.2. The van der Waals surface area contributed by atoms with Gasteiger partial charge in [0.15, 0.2) is 0 Å². The lowest BCUT2D eigenvalue weighted by Gasteiger charge is -2.13. The summed E-state index contributed by atoms with van der Waals surface area (Å²) in [4.78, 5) is 28.8. The Morgan fingerprint density at radius 3 is 2.49 bits per heavy atom. The number of aromatic nitrogens is 1. The zero-order chi connectivity index (χ0) is 24.8. The van der Waals surface area contributed by atoms with Crippen LogP contribution in [0.25, 0.3) is 22.2 Å². The molecule has 7 nitrogen and oxygen atoms in total. The monoisotopic (exact) mass is 475 g/mol. The number of anilines is 1. The van der Waals surface area contributed by atoms with E-state index in [1.807, 2.05) is 66.7 Å². The highest BCUT2D eigenvalue weighted by atomic mass is 19.0. The molecular formula is C27H28FN5O2. The predicted octanol–water partition coefficient (Wildman–Crippen LogP) is 4.60. The number of carbonyl (C=O) groups excluding carboxylic acids is 2. The van der Waals surface area contributed by atoms with E-state index >= 15 is 0 Å². The number of H-pyrrole nitrogens is 1. The van der Waals surface area contributed by atoms with Gasteiger partial charge >= 0.3 is 0 Å². The van der Waals surface area contributed by atoms with Gasteiger partial charge in [-0.05, 0) is 36.1 Å². The summed E-state index contributed by atoms with van der Waals surface area (Å²) in [7, 11) is 0. The fourth-order valence-corrected chi connectivity index (χ4v) is 4.12. The van der Waals surface area contributed by atoms with Gasteiger partial charge in [0.1, 0.15) is 0 Å². The molecular weight excluding hydrogens is 445 g/mol. The van der Waals surface area contributed by atoms with Gasteiger partial charge in [0.05, 0.1) is 23.5 Å². The Hall–Kier alpha value is -4.30. The van der Waals surface area contributed by atoms with Crippen molar-refractivity contribution in [2.45, 2.75) is 26.3 Å². The van der Waals surface area contributed by atoms with Crippen LogP contribution >= 0.6 is 0 Å². The van der Waals surface area contributed by atoms with Crippen LogP contribution in [0.15, 0.2) is 77.9 Å². The Morgan fingerprint density at radius 1 is 1.09 bits per heavy atom. The van der Waals surface area contributed by atoms with Gasteiger partial charge in [-0.15, -0.1) is 0 Å². The summed E-state index contributed by atoms with van der Waals surface area (Å²) in [6.45, 7) is 0. The van der Waals surface area contributed by atoms with Crippen LogP contribution in [0.4, 0.5) is 10.4 Å². The maximum atomic E-state index is 12.8. The minimum absolute atomic E-state index is 0. The van der Waals surface area contributed by atoms with E-state index in [0.717, 1.165) is 33.3 Å². The molecule has 0 bridgehead atoms. The largest absolute Gasteiger partial charge is 0.354 e. The normalized spacial score (nSPS) is 12.9. The molecule has 0 aliphatic carbocycles. The molecule has 5 rings (SSSR count). The van der Waals surface area contributed by atoms with E-state index in [9.17, 15) is 9.59 Å². The Bertz CT molecular complexity index is 1370. The Morgan fingerprint density at radius 2 is 1.77 bits per heavy atom. The van der Waals surface area contributed by atoms with E-state index in [0.29, 0.717) is 24.1 Å². The lowest BCUT2D eigenvalue weighted by Crippen LogP contribution is -2.36.